The van der Waals surface area contributed by atoms with Gasteiger partial charge in [0, 0.05) is 6.54 Å². The third-order valence-electron chi connectivity index (χ3n) is 5.21. The van der Waals surface area contributed by atoms with E-state index in [4.69, 9.17) is 4.74 Å². The number of carbonyl (C=O) groups is 1. The minimum atomic E-state index is -3.81. The lowest BCUT2D eigenvalue weighted by Gasteiger charge is -2.28. The van der Waals surface area contributed by atoms with E-state index in [1.165, 1.54) is 4.90 Å². The maximum atomic E-state index is 13.5. The van der Waals surface area contributed by atoms with Crippen molar-refractivity contribution in [1.82, 2.24) is 4.90 Å². The Morgan fingerprint density at radius 1 is 0.800 bits per heavy atom. The number of benzene rings is 3. The molecule has 6 heteroatoms. The Labute approximate surface area is 176 Å². The van der Waals surface area contributed by atoms with Crippen LogP contribution in [0.2, 0.25) is 0 Å². The van der Waals surface area contributed by atoms with Crippen molar-refractivity contribution in [2.75, 3.05) is 0 Å². The molecule has 0 aromatic heterocycles. The van der Waals surface area contributed by atoms with Crippen LogP contribution in [0.15, 0.2) is 95.9 Å². The van der Waals surface area contributed by atoms with Crippen molar-refractivity contribution in [3.63, 3.8) is 0 Å². The summed E-state index contributed by atoms with van der Waals surface area (Å²) in [7, 11) is -3.81. The van der Waals surface area contributed by atoms with Gasteiger partial charge in [0.1, 0.15) is 6.10 Å². The summed E-state index contributed by atoms with van der Waals surface area (Å²) < 4.78 is 33.1. The van der Waals surface area contributed by atoms with Crippen molar-refractivity contribution < 1.29 is 17.9 Å². The standard InChI is InChI=1S/C24H23NO4S/c26-23-16-22(29-18-20-12-6-2-7-13-20)24(25(23)17-19-10-4-1-5-11-19)30(27,28)21-14-8-3-9-15-21/h1-15,22,24H,16-18H2/t22-,24+/m1/s1. The molecular formula is C24H23NO4S. The summed E-state index contributed by atoms with van der Waals surface area (Å²) in [5, 5.41) is -1.07. The van der Waals surface area contributed by atoms with Crippen LogP contribution in [0.1, 0.15) is 17.5 Å². The molecule has 0 bridgehead atoms. The molecule has 3 aromatic carbocycles. The molecule has 0 unspecified atom stereocenters. The van der Waals surface area contributed by atoms with Crippen molar-refractivity contribution in [3.05, 3.63) is 102 Å². The second-order valence-corrected chi connectivity index (χ2v) is 9.34. The topological polar surface area (TPSA) is 63.7 Å². The first-order valence-electron chi connectivity index (χ1n) is 9.83. The van der Waals surface area contributed by atoms with Gasteiger partial charge in [-0.15, -0.1) is 0 Å². The van der Waals surface area contributed by atoms with E-state index in [9.17, 15) is 13.2 Å². The van der Waals surface area contributed by atoms with Gasteiger partial charge >= 0.3 is 0 Å². The highest BCUT2D eigenvalue weighted by molar-refractivity contribution is 7.92. The number of likely N-dealkylation sites (tertiary alicyclic amines) is 1. The lowest BCUT2D eigenvalue weighted by molar-refractivity contribution is -0.128. The van der Waals surface area contributed by atoms with Crippen LogP contribution in [0.3, 0.4) is 0 Å². The SMILES string of the molecule is O=C1C[C@@H](OCc2ccccc2)[C@H](S(=O)(=O)c2ccccc2)N1Cc1ccccc1. The number of hydrogen-bond donors (Lipinski definition) is 0. The Balaban J connectivity index is 1.66. The lowest BCUT2D eigenvalue weighted by Crippen LogP contribution is -2.43. The number of hydrogen-bond acceptors (Lipinski definition) is 4. The Kier molecular flexibility index (Phi) is 5.97. The first-order valence-corrected chi connectivity index (χ1v) is 11.4. The van der Waals surface area contributed by atoms with Crippen molar-refractivity contribution in [2.24, 2.45) is 0 Å². The summed E-state index contributed by atoms with van der Waals surface area (Å²) in [6.45, 7) is 0.473. The van der Waals surface area contributed by atoms with Crippen molar-refractivity contribution in [1.29, 1.82) is 0 Å². The molecule has 1 aliphatic heterocycles. The third kappa shape index (κ3) is 4.30. The van der Waals surface area contributed by atoms with Gasteiger partial charge in [0.15, 0.2) is 5.37 Å². The van der Waals surface area contributed by atoms with Crippen LogP contribution in [0.25, 0.3) is 0 Å². The predicted molar refractivity (Wildman–Crippen MR) is 114 cm³/mol. The second-order valence-electron chi connectivity index (χ2n) is 7.30. The molecular weight excluding hydrogens is 398 g/mol. The van der Waals surface area contributed by atoms with Crippen molar-refractivity contribution in [3.8, 4) is 0 Å². The molecule has 1 amide bonds. The van der Waals surface area contributed by atoms with Gasteiger partial charge in [0.2, 0.25) is 15.7 Å². The first kappa shape index (κ1) is 20.3. The fourth-order valence-electron chi connectivity index (χ4n) is 3.73. The average molecular weight is 422 g/mol. The summed E-state index contributed by atoms with van der Waals surface area (Å²) in [4.78, 5) is 14.5. The number of carbonyl (C=O) groups excluding carboxylic acids is 1. The van der Waals surface area contributed by atoms with Crippen molar-refractivity contribution in [2.45, 2.75) is 35.9 Å². The highest BCUT2D eigenvalue weighted by atomic mass is 32.2. The van der Waals surface area contributed by atoms with Crippen molar-refractivity contribution >= 4 is 15.7 Å². The summed E-state index contributed by atoms with van der Waals surface area (Å²) in [6.07, 6.45) is -0.706. The third-order valence-corrected chi connectivity index (χ3v) is 7.34. The number of rotatable bonds is 7. The van der Waals surface area contributed by atoms with Crippen LogP contribution in [-0.2, 0) is 32.5 Å². The minimum absolute atomic E-state index is 0.0381. The fourth-order valence-corrected chi connectivity index (χ4v) is 5.64. The number of nitrogens with zero attached hydrogens (tertiary/aromatic N) is 1. The molecule has 1 heterocycles. The van der Waals surface area contributed by atoms with Gasteiger partial charge < -0.3 is 9.64 Å². The second kappa shape index (κ2) is 8.81. The molecule has 4 rings (SSSR count). The van der Waals surface area contributed by atoms with Gasteiger partial charge in [-0.2, -0.15) is 0 Å². The molecule has 154 valence electrons. The zero-order valence-electron chi connectivity index (χ0n) is 16.4. The summed E-state index contributed by atoms with van der Waals surface area (Å²) in [5.74, 6) is -0.221. The van der Waals surface area contributed by atoms with E-state index in [1.807, 2.05) is 60.7 Å². The van der Waals surface area contributed by atoms with E-state index in [-0.39, 0.29) is 30.4 Å². The lowest BCUT2D eigenvalue weighted by atomic mass is 10.2. The van der Waals surface area contributed by atoms with Gasteiger partial charge in [0.05, 0.1) is 17.9 Å². The van der Waals surface area contributed by atoms with E-state index in [1.54, 1.807) is 30.3 Å². The van der Waals surface area contributed by atoms with Gasteiger partial charge in [0.25, 0.3) is 0 Å². The maximum absolute atomic E-state index is 13.5. The zero-order chi connectivity index (χ0) is 21.0. The van der Waals surface area contributed by atoms with E-state index in [0.29, 0.717) is 0 Å². The van der Waals surface area contributed by atoms with Crippen LogP contribution in [0.5, 0.6) is 0 Å². The smallest absolute Gasteiger partial charge is 0.226 e. The van der Waals surface area contributed by atoms with Gasteiger partial charge in [-0.25, -0.2) is 8.42 Å². The molecule has 0 aliphatic carbocycles. The fraction of sp³-hybridized carbons (Fsp3) is 0.208. The molecule has 1 aliphatic rings. The summed E-state index contributed by atoms with van der Waals surface area (Å²) in [6, 6.07) is 27.2. The quantitative estimate of drug-likeness (QED) is 0.582. The van der Waals surface area contributed by atoms with Crippen LogP contribution in [-0.4, -0.2) is 30.7 Å². The Bertz CT molecular complexity index is 1090. The molecule has 1 fully saturated rings. The van der Waals surface area contributed by atoms with Gasteiger partial charge in [-0.05, 0) is 23.3 Å². The van der Waals surface area contributed by atoms with Crippen LogP contribution in [0.4, 0.5) is 0 Å². The molecule has 0 radical (unpaired) electrons. The van der Waals surface area contributed by atoms with Crippen LogP contribution >= 0.6 is 0 Å². The molecule has 0 spiro atoms. The molecule has 0 saturated carbocycles. The average Bonchev–Trinajstić information content (AvgIpc) is 3.10. The van der Waals surface area contributed by atoms with E-state index in [2.05, 4.69) is 0 Å². The van der Waals surface area contributed by atoms with Crippen LogP contribution < -0.4 is 0 Å². The van der Waals surface area contributed by atoms with Gasteiger partial charge in [-0.1, -0.05) is 78.9 Å². The largest absolute Gasteiger partial charge is 0.370 e. The van der Waals surface area contributed by atoms with E-state index >= 15 is 0 Å². The molecule has 5 nitrogen and oxygen atoms in total. The first-order chi connectivity index (χ1) is 14.6. The molecule has 2 atom stereocenters. The monoisotopic (exact) mass is 421 g/mol. The Morgan fingerprint density at radius 2 is 1.33 bits per heavy atom. The highest BCUT2D eigenvalue weighted by Crippen LogP contribution is 2.32. The van der Waals surface area contributed by atoms with Crippen LogP contribution in [0, 0.1) is 0 Å². The normalized spacial score (nSPS) is 19.2. The molecule has 30 heavy (non-hydrogen) atoms. The number of amides is 1. The van der Waals surface area contributed by atoms with E-state index in [0.717, 1.165) is 11.1 Å². The van der Waals surface area contributed by atoms with Gasteiger partial charge in [-0.3, -0.25) is 4.79 Å². The maximum Gasteiger partial charge on any atom is 0.226 e. The molecule has 0 N–H and O–H groups in total. The number of sulfone groups is 1. The predicted octanol–water partition coefficient (Wildman–Crippen LogP) is 3.80. The van der Waals surface area contributed by atoms with E-state index < -0.39 is 21.3 Å². The molecule has 3 aromatic rings. The number of ether oxygens (including phenoxy) is 1. The summed E-state index contributed by atoms with van der Waals surface area (Å²) in [5.41, 5.74) is 1.81. The minimum Gasteiger partial charge on any atom is -0.370 e. The Hall–Kier alpha value is -2.96. The zero-order valence-corrected chi connectivity index (χ0v) is 17.2. The summed E-state index contributed by atoms with van der Waals surface area (Å²) >= 11 is 0. The Morgan fingerprint density at radius 3 is 1.93 bits per heavy atom. The molecule has 1 saturated heterocycles. The highest BCUT2D eigenvalue weighted by Gasteiger charge is 2.48.